The van der Waals surface area contributed by atoms with Gasteiger partial charge >= 0.3 is 6.09 Å². The third kappa shape index (κ3) is 6.14. The van der Waals surface area contributed by atoms with E-state index in [4.69, 9.17) is 9.47 Å². The van der Waals surface area contributed by atoms with Crippen molar-refractivity contribution in [2.24, 2.45) is 5.92 Å². The zero-order chi connectivity index (χ0) is 28.6. The minimum absolute atomic E-state index is 0.0490. The molecule has 1 aromatic carbocycles. The van der Waals surface area contributed by atoms with Gasteiger partial charge in [-0.3, -0.25) is 34.3 Å². The Morgan fingerprint density at radius 3 is 2.40 bits per heavy atom. The quantitative estimate of drug-likeness (QED) is 0.551. The molecule has 0 bridgehead atoms. The van der Waals surface area contributed by atoms with Crippen LogP contribution in [0.3, 0.4) is 0 Å². The molecule has 0 radical (unpaired) electrons. The lowest BCUT2D eigenvalue weighted by Crippen LogP contribution is -2.54. The summed E-state index contributed by atoms with van der Waals surface area (Å²) in [4.78, 5) is 67.4. The summed E-state index contributed by atoms with van der Waals surface area (Å²) >= 11 is 0. The molecular formula is C29H38N4O7. The maximum absolute atomic E-state index is 13.1. The highest BCUT2D eigenvalue weighted by Gasteiger charge is 2.44. The average molecular weight is 555 g/mol. The number of nitrogens with one attached hydrogen (secondary N) is 1. The van der Waals surface area contributed by atoms with Gasteiger partial charge in [0.2, 0.25) is 11.8 Å². The molecule has 11 nitrogen and oxygen atoms in total. The summed E-state index contributed by atoms with van der Waals surface area (Å²) < 4.78 is 11.8. The Morgan fingerprint density at radius 2 is 1.70 bits per heavy atom. The van der Waals surface area contributed by atoms with Crippen molar-refractivity contribution < 1.29 is 33.4 Å². The molecule has 0 aliphatic carbocycles. The van der Waals surface area contributed by atoms with Crippen molar-refractivity contribution in [3.8, 4) is 5.75 Å². The third-order valence-corrected chi connectivity index (χ3v) is 7.96. The highest BCUT2D eigenvalue weighted by Crippen LogP contribution is 2.31. The highest BCUT2D eigenvalue weighted by molar-refractivity contribution is 6.23. The summed E-state index contributed by atoms with van der Waals surface area (Å²) in [6, 6.07) is 3.88. The van der Waals surface area contributed by atoms with E-state index in [2.05, 4.69) is 10.2 Å². The van der Waals surface area contributed by atoms with Crippen LogP contribution in [0.5, 0.6) is 5.75 Å². The first-order chi connectivity index (χ1) is 19.0. The van der Waals surface area contributed by atoms with Gasteiger partial charge in [-0.05, 0) is 83.5 Å². The minimum Gasteiger partial charge on any atom is -0.489 e. The zero-order valence-corrected chi connectivity index (χ0v) is 23.4. The second kappa shape index (κ2) is 11.2. The van der Waals surface area contributed by atoms with Crippen LogP contribution in [0.15, 0.2) is 18.2 Å². The first-order valence-corrected chi connectivity index (χ1v) is 14.2. The number of piperidine rings is 3. The molecule has 216 valence electrons. The molecule has 0 spiro atoms. The fraction of sp³-hybridized carbons (Fsp3) is 0.621. The summed E-state index contributed by atoms with van der Waals surface area (Å²) in [6.45, 7) is 9.73. The maximum Gasteiger partial charge on any atom is 0.410 e. The normalized spacial score (nSPS) is 24.7. The lowest BCUT2D eigenvalue weighted by molar-refractivity contribution is -0.136. The van der Waals surface area contributed by atoms with E-state index in [-0.39, 0.29) is 36.2 Å². The number of amides is 5. The first kappa shape index (κ1) is 28.1. The standard InChI is InChI=1S/C29H38N4O7/c1-29(2,3)40-28(38)32-13-10-18(11-14-32)16-31-12-4-5-20(17-31)39-19-6-7-21-22(15-19)27(37)33(26(21)36)23-8-9-24(34)30-25(23)35/h6-7,15,18,20,23H,4-5,8-14,16-17H2,1-3H3,(H,30,34,35). The molecule has 0 saturated carbocycles. The fourth-order valence-corrected chi connectivity index (χ4v) is 5.98. The average Bonchev–Trinajstić information content (AvgIpc) is 3.13. The van der Waals surface area contributed by atoms with E-state index in [0.717, 1.165) is 50.2 Å². The van der Waals surface area contributed by atoms with Crippen LogP contribution in [0.4, 0.5) is 4.79 Å². The number of fused-ring (bicyclic) bond motifs is 1. The van der Waals surface area contributed by atoms with Crippen LogP contribution in [0.2, 0.25) is 0 Å². The molecule has 4 aliphatic rings. The number of ether oxygens (including phenoxy) is 2. The van der Waals surface area contributed by atoms with Gasteiger partial charge in [-0.2, -0.15) is 0 Å². The van der Waals surface area contributed by atoms with Gasteiger partial charge in [-0.15, -0.1) is 0 Å². The lowest BCUT2D eigenvalue weighted by atomic mass is 9.95. The predicted molar refractivity (Wildman–Crippen MR) is 144 cm³/mol. The number of nitrogens with zero attached hydrogens (tertiary/aromatic N) is 3. The smallest absolute Gasteiger partial charge is 0.410 e. The molecule has 4 aliphatic heterocycles. The summed E-state index contributed by atoms with van der Waals surface area (Å²) in [5, 5.41) is 2.21. The molecular weight excluding hydrogens is 516 g/mol. The van der Waals surface area contributed by atoms with Gasteiger partial charge in [0.15, 0.2) is 0 Å². The van der Waals surface area contributed by atoms with E-state index in [1.165, 1.54) is 0 Å². The van der Waals surface area contributed by atoms with E-state index in [0.29, 0.717) is 24.8 Å². The predicted octanol–water partition coefficient (Wildman–Crippen LogP) is 2.58. The fourth-order valence-electron chi connectivity index (χ4n) is 5.98. The molecule has 1 aromatic rings. The first-order valence-electron chi connectivity index (χ1n) is 14.2. The third-order valence-electron chi connectivity index (χ3n) is 7.96. The number of imide groups is 2. The SMILES string of the molecule is CC(C)(C)OC(=O)N1CCC(CN2CCCC(Oc3ccc4c(c3)C(=O)N(C3CCC(=O)NC3=O)C4=O)C2)CC1. The Kier molecular flexibility index (Phi) is 7.85. The van der Waals surface area contributed by atoms with Crippen LogP contribution in [0, 0.1) is 5.92 Å². The van der Waals surface area contributed by atoms with Crippen LogP contribution in [-0.4, -0.2) is 94.9 Å². The van der Waals surface area contributed by atoms with Crippen molar-refractivity contribution in [2.75, 3.05) is 32.7 Å². The molecule has 3 fully saturated rings. The van der Waals surface area contributed by atoms with E-state index >= 15 is 0 Å². The van der Waals surface area contributed by atoms with E-state index in [9.17, 15) is 24.0 Å². The van der Waals surface area contributed by atoms with Gasteiger partial charge < -0.3 is 14.4 Å². The number of hydrogen-bond acceptors (Lipinski definition) is 8. The number of likely N-dealkylation sites (tertiary alicyclic amines) is 2. The molecule has 1 N–H and O–H groups in total. The van der Waals surface area contributed by atoms with Crippen molar-refractivity contribution in [3.05, 3.63) is 29.3 Å². The lowest BCUT2D eigenvalue weighted by Gasteiger charge is -2.38. The molecule has 5 rings (SSSR count). The maximum atomic E-state index is 13.1. The Hall–Kier alpha value is -3.47. The van der Waals surface area contributed by atoms with Gasteiger partial charge in [0.25, 0.3) is 11.8 Å². The number of hydrogen-bond donors (Lipinski definition) is 1. The molecule has 5 amide bonds. The van der Waals surface area contributed by atoms with E-state index in [1.807, 2.05) is 20.8 Å². The van der Waals surface area contributed by atoms with Crippen molar-refractivity contribution in [2.45, 2.75) is 77.0 Å². The molecule has 2 unspecified atom stereocenters. The second-order valence-corrected chi connectivity index (χ2v) is 12.2. The van der Waals surface area contributed by atoms with Crippen LogP contribution in [-0.2, 0) is 14.3 Å². The van der Waals surface area contributed by atoms with Crippen molar-refractivity contribution in [3.63, 3.8) is 0 Å². The largest absolute Gasteiger partial charge is 0.489 e. The zero-order valence-electron chi connectivity index (χ0n) is 23.4. The van der Waals surface area contributed by atoms with Crippen LogP contribution in [0.25, 0.3) is 0 Å². The number of carbonyl (C=O) groups is 5. The number of rotatable bonds is 5. The summed E-state index contributed by atoms with van der Waals surface area (Å²) in [5.41, 5.74) is -0.0348. The monoisotopic (exact) mass is 554 g/mol. The Labute approximate surface area is 234 Å². The van der Waals surface area contributed by atoms with Crippen molar-refractivity contribution >= 4 is 29.7 Å². The van der Waals surface area contributed by atoms with Gasteiger partial charge in [-0.1, -0.05) is 0 Å². The molecule has 4 heterocycles. The van der Waals surface area contributed by atoms with Crippen LogP contribution >= 0.6 is 0 Å². The van der Waals surface area contributed by atoms with Gasteiger partial charge in [0.1, 0.15) is 23.5 Å². The van der Waals surface area contributed by atoms with Crippen molar-refractivity contribution in [1.29, 1.82) is 0 Å². The molecule has 11 heteroatoms. The molecule has 3 saturated heterocycles. The van der Waals surface area contributed by atoms with E-state index in [1.54, 1.807) is 23.1 Å². The molecule has 40 heavy (non-hydrogen) atoms. The molecule has 0 aromatic heterocycles. The topological polar surface area (TPSA) is 126 Å². The summed E-state index contributed by atoms with van der Waals surface area (Å²) in [5.74, 6) is -1.08. The van der Waals surface area contributed by atoms with Crippen LogP contribution < -0.4 is 10.1 Å². The van der Waals surface area contributed by atoms with Gasteiger partial charge in [0.05, 0.1) is 11.1 Å². The number of benzene rings is 1. The van der Waals surface area contributed by atoms with Gasteiger partial charge in [-0.25, -0.2) is 4.79 Å². The second-order valence-electron chi connectivity index (χ2n) is 12.2. The Balaban J connectivity index is 1.14. The summed E-state index contributed by atoms with van der Waals surface area (Å²) in [6.07, 6.45) is 3.67. The molecule has 2 atom stereocenters. The minimum atomic E-state index is -0.989. The van der Waals surface area contributed by atoms with Crippen LogP contribution in [0.1, 0.15) is 80.0 Å². The van der Waals surface area contributed by atoms with E-state index < -0.39 is 35.3 Å². The number of carbonyl (C=O) groups excluding carboxylic acids is 5. The highest BCUT2D eigenvalue weighted by atomic mass is 16.6. The Morgan fingerprint density at radius 1 is 0.975 bits per heavy atom. The summed E-state index contributed by atoms with van der Waals surface area (Å²) in [7, 11) is 0. The van der Waals surface area contributed by atoms with Gasteiger partial charge in [0, 0.05) is 32.6 Å². The Bertz CT molecular complexity index is 1200. The van der Waals surface area contributed by atoms with Crippen molar-refractivity contribution in [1.82, 2.24) is 20.0 Å².